The highest BCUT2D eigenvalue weighted by Crippen LogP contribution is 2.11. The van der Waals surface area contributed by atoms with E-state index in [0.29, 0.717) is 6.54 Å². The Morgan fingerprint density at radius 3 is 2.32 bits per heavy atom. The maximum atomic E-state index is 12.4. The predicted octanol–water partition coefficient (Wildman–Crippen LogP) is 3.07. The number of quaternary nitrogens is 1. The smallest absolute Gasteiger partial charge is 0.251 e. The number of nitrogens with one attached hydrogen (secondary N) is 2. The minimum absolute atomic E-state index is 0.0219. The van der Waals surface area contributed by atoms with Gasteiger partial charge in [0.05, 0.1) is 6.54 Å². The van der Waals surface area contributed by atoms with Gasteiger partial charge in [-0.05, 0) is 30.2 Å². The summed E-state index contributed by atoms with van der Waals surface area (Å²) in [5.74, 6) is -0.0219. The molecule has 1 heterocycles. The van der Waals surface area contributed by atoms with Gasteiger partial charge in [-0.25, -0.2) is 0 Å². The second-order valence-corrected chi connectivity index (χ2v) is 7.74. The van der Waals surface area contributed by atoms with Crippen LogP contribution in [0.25, 0.3) is 0 Å². The fraction of sp³-hybridized carbons (Fsp3) is 0.240. The van der Waals surface area contributed by atoms with E-state index in [9.17, 15) is 4.79 Å². The molecule has 3 aromatic rings. The molecule has 4 rings (SSSR count). The molecule has 0 saturated heterocycles. The average molecular weight is 372 g/mol. The van der Waals surface area contributed by atoms with Crippen molar-refractivity contribution in [3.63, 3.8) is 0 Å². The van der Waals surface area contributed by atoms with Crippen LogP contribution in [0.3, 0.4) is 0 Å². The van der Waals surface area contributed by atoms with Crippen LogP contribution in [0.2, 0.25) is 0 Å². The molecule has 1 aliphatic heterocycles. The van der Waals surface area contributed by atoms with Gasteiger partial charge in [0, 0.05) is 29.7 Å². The molecule has 3 aromatic carbocycles. The molecule has 0 fully saturated rings. The molecule has 0 radical (unpaired) electrons. The van der Waals surface area contributed by atoms with Gasteiger partial charge in [-0.2, -0.15) is 0 Å². The van der Waals surface area contributed by atoms with Gasteiger partial charge in [-0.1, -0.05) is 66.2 Å². The minimum Gasteiger partial charge on any atom is -0.348 e. The molecule has 1 aliphatic rings. The average Bonchev–Trinajstić information content (AvgIpc) is 2.73. The van der Waals surface area contributed by atoms with Gasteiger partial charge in [0.1, 0.15) is 13.1 Å². The summed E-state index contributed by atoms with van der Waals surface area (Å²) >= 11 is 0. The maximum Gasteiger partial charge on any atom is 0.251 e. The van der Waals surface area contributed by atoms with Crippen LogP contribution >= 0.6 is 0 Å². The Kier molecular flexibility index (Phi) is 5.54. The summed E-state index contributed by atoms with van der Waals surface area (Å²) in [7, 11) is 0. The summed E-state index contributed by atoms with van der Waals surface area (Å²) < 4.78 is 0. The first-order valence-corrected chi connectivity index (χ1v) is 10.0. The molecule has 1 amide bonds. The Hall–Kier alpha value is -2.91. The van der Waals surface area contributed by atoms with Crippen LogP contribution in [0, 0.1) is 6.92 Å². The number of fused-ring (bicyclic) bond motifs is 1. The second kappa shape index (κ2) is 8.41. The third kappa shape index (κ3) is 4.49. The number of benzene rings is 3. The SMILES string of the molecule is Cc1ccc(CNC(=O)c2ccc(C[NH+]3CCc4ccccc4C3)cc2)cc1. The van der Waals surface area contributed by atoms with Crippen molar-refractivity contribution in [1.82, 2.24) is 5.32 Å². The van der Waals surface area contributed by atoms with Gasteiger partial charge in [-0.3, -0.25) is 4.79 Å². The van der Waals surface area contributed by atoms with Gasteiger partial charge < -0.3 is 10.2 Å². The Balaban J connectivity index is 1.32. The molecule has 0 aromatic heterocycles. The Bertz CT molecular complexity index is 945. The van der Waals surface area contributed by atoms with Crippen molar-refractivity contribution in [1.29, 1.82) is 0 Å². The zero-order valence-electron chi connectivity index (χ0n) is 16.4. The molecule has 3 nitrogen and oxygen atoms in total. The second-order valence-electron chi connectivity index (χ2n) is 7.74. The molecule has 3 heteroatoms. The number of carbonyl (C=O) groups excluding carboxylic acids is 1. The molecular weight excluding hydrogens is 344 g/mol. The summed E-state index contributed by atoms with van der Waals surface area (Å²) in [5.41, 5.74) is 7.30. The summed E-state index contributed by atoms with van der Waals surface area (Å²) in [6.07, 6.45) is 1.14. The van der Waals surface area contributed by atoms with Crippen LogP contribution in [0.15, 0.2) is 72.8 Å². The molecule has 0 spiro atoms. The number of carbonyl (C=O) groups is 1. The molecule has 0 saturated carbocycles. The van der Waals surface area contributed by atoms with Crippen molar-refractivity contribution >= 4 is 5.91 Å². The molecular formula is C25H27N2O+. The van der Waals surface area contributed by atoms with Crippen LogP contribution in [-0.4, -0.2) is 12.5 Å². The van der Waals surface area contributed by atoms with Crippen molar-refractivity contribution in [2.24, 2.45) is 0 Å². The molecule has 2 N–H and O–H groups in total. The zero-order chi connectivity index (χ0) is 19.3. The lowest BCUT2D eigenvalue weighted by atomic mass is 9.99. The maximum absolute atomic E-state index is 12.4. The third-order valence-electron chi connectivity index (χ3n) is 5.55. The number of amides is 1. The van der Waals surface area contributed by atoms with Crippen molar-refractivity contribution in [3.8, 4) is 0 Å². The Morgan fingerprint density at radius 1 is 0.893 bits per heavy atom. The monoisotopic (exact) mass is 371 g/mol. The number of rotatable bonds is 5. The topological polar surface area (TPSA) is 33.5 Å². The van der Waals surface area contributed by atoms with Crippen molar-refractivity contribution < 1.29 is 9.69 Å². The van der Waals surface area contributed by atoms with Crippen LogP contribution in [0.4, 0.5) is 0 Å². The van der Waals surface area contributed by atoms with Crippen LogP contribution in [0.5, 0.6) is 0 Å². The van der Waals surface area contributed by atoms with Gasteiger partial charge in [0.25, 0.3) is 5.91 Å². The molecule has 28 heavy (non-hydrogen) atoms. The normalized spacial score (nSPS) is 15.7. The minimum atomic E-state index is -0.0219. The van der Waals surface area contributed by atoms with E-state index in [-0.39, 0.29) is 5.91 Å². The first-order chi connectivity index (χ1) is 13.7. The van der Waals surface area contributed by atoms with E-state index in [0.717, 1.165) is 37.2 Å². The fourth-order valence-corrected chi connectivity index (χ4v) is 3.85. The first kappa shape index (κ1) is 18.5. The molecule has 1 unspecified atom stereocenters. The third-order valence-corrected chi connectivity index (χ3v) is 5.55. The van der Waals surface area contributed by atoms with E-state index in [1.54, 1.807) is 4.90 Å². The van der Waals surface area contributed by atoms with Crippen LogP contribution in [-0.2, 0) is 26.1 Å². The van der Waals surface area contributed by atoms with E-state index < -0.39 is 0 Å². The Labute approximate surface area is 167 Å². The highest BCUT2D eigenvalue weighted by molar-refractivity contribution is 5.94. The summed E-state index contributed by atoms with van der Waals surface area (Å²) in [6.45, 7) is 5.86. The van der Waals surface area contributed by atoms with E-state index in [1.807, 2.05) is 12.1 Å². The highest BCUT2D eigenvalue weighted by Gasteiger charge is 2.19. The Morgan fingerprint density at radius 2 is 1.57 bits per heavy atom. The lowest BCUT2D eigenvalue weighted by Crippen LogP contribution is -3.10. The van der Waals surface area contributed by atoms with Crippen molar-refractivity contribution in [2.45, 2.75) is 33.0 Å². The van der Waals surface area contributed by atoms with Crippen molar-refractivity contribution in [3.05, 3.63) is 106 Å². The van der Waals surface area contributed by atoms with Gasteiger partial charge in [0.15, 0.2) is 0 Å². The van der Waals surface area contributed by atoms with Gasteiger partial charge >= 0.3 is 0 Å². The van der Waals surface area contributed by atoms with Crippen LogP contribution in [0.1, 0.15) is 38.2 Å². The van der Waals surface area contributed by atoms with E-state index >= 15 is 0 Å². The largest absolute Gasteiger partial charge is 0.348 e. The number of hydrogen-bond donors (Lipinski definition) is 2. The quantitative estimate of drug-likeness (QED) is 0.710. The standard InChI is InChI=1S/C25H26N2O/c1-19-6-8-20(9-7-19)16-26-25(28)23-12-10-21(11-13-23)17-27-15-14-22-4-2-3-5-24(22)18-27/h2-13H,14-18H2,1H3,(H,26,28)/p+1. The number of hydrogen-bond acceptors (Lipinski definition) is 1. The van der Waals surface area contributed by atoms with Gasteiger partial charge in [0.2, 0.25) is 0 Å². The molecule has 0 bridgehead atoms. The zero-order valence-corrected chi connectivity index (χ0v) is 16.4. The lowest BCUT2D eigenvalue weighted by molar-refractivity contribution is -0.929. The molecule has 1 atom stereocenters. The van der Waals surface area contributed by atoms with Crippen LogP contribution < -0.4 is 10.2 Å². The molecule has 142 valence electrons. The van der Waals surface area contributed by atoms with Gasteiger partial charge in [-0.15, -0.1) is 0 Å². The van der Waals surface area contributed by atoms with E-state index in [1.165, 1.54) is 22.3 Å². The van der Waals surface area contributed by atoms with E-state index in [4.69, 9.17) is 0 Å². The highest BCUT2D eigenvalue weighted by atomic mass is 16.1. The molecule has 0 aliphatic carbocycles. The van der Waals surface area contributed by atoms with Crippen molar-refractivity contribution in [2.75, 3.05) is 6.54 Å². The predicted molar refractivity (Wildman–Crippen MR) is 112 cm³/mol. The summed E-state index contributed by atoms with van der Waals surface area (Å²) in [4.78, 5) is 14.0. The fourth-order valence-electron chi connectivity index (χ4n) is 3.85. The summed E-state index contributed by atoms with van der Waals surface area (Å²) in [6, 6.07) is 25.1. The number of aryl methyl sites for hydroxylation is 1. The summed E-state index contributed by atoms with van der Waals surface area (Å²) in [5, 5.41) is 3.00. The lowest BCUT2D eigenvalue weighted by Gasteiger charge is -2.26. The first-order valence-electron chi connectivity index (χ1n) is 10.0. The van der Waals surface area contributed by atoms with E-state index in [2.05, 4.69) is 72.9 Å².